The first-order valence-corrected chi connectivity index (χ1v) is 8.75. The molecule has 3 N–H and O–H groups in total. The molecule has 134 valence electrons. The molecular weight excluding hydrogens is 322 g/mol. The van der Waals surface area contributed by atoms with Gasteiger partial charge in [0.1, 0.15) is 6.54 Å². The number of hydrogen-bond donors (Lipinski definition) is 3. The summed E-state index contributed by atoms with van der Waals surface area (Å²) in [6, 6.07) is 4.70. The summed E-state index contributed by atoms with van der Waals surface area (Å²) in [5, 5.41) is 15.1. The van der Waals surface area contributed by atoms with E-state index in [9.17, 15) is 14.4 Å². The summed E-state index contributed by atoms with van der Waals surface area (Å²) in [5.74, 6) is -1.56. The Morgan fingerprint density at radius 3 is 2.60 bits per heavy atom. The minimum absolute atomic E-state index is 0.0874. The average molecular weight is 345 g/mol. The normalized spacial score (nSPS) is 18.2. The van der Waals surface area contributed by atoms with Gasteiger partial charge in [-0.1, -0.05) is 25.7 Å². The highest BCUT2D eigenvalue weighted by Gasteiger charge is 2.28. The van der Waals surface area contributed by atoms with Crippen LogP contribution >= 0.6 is 0 Å². The van der Waals surface area contributed by atoms with Crippen LogP contribution in [-0.2, 0) is 9.59 Å². The summed E-state index contributed by atoms with van der Waals surface area (Å²) in [6.45, 7) is 0.0515. The summed E-state index contributed by atoms with van der Waals surface area (Å²) in [6.07, 6.45) is 6.94. The Labute approximate surface area is 146 Å². The van der Waals surface area contributed by atoms with Crippen molar-refractivity contribution in [3.05, 3.63) is 23.8 Å². The van der Waals surface area contributed by atoms with Crippen LogP contribution in [0.2, 0.25) is 0 Å². The average Bonchev–Trinajstić information content (AvgIpc) is 2.87. The Balaban J connectivity index is 1.72. The highest BCUT2D eigenvalue weighted by Crippen LogP contribution is 2.30. The summed E-state index contributed by atoms with van der Waals surface area (Å²) in [4.78, 5) is 37.1. The van der Waals surface area contributed by atoms with Crippen molar-refractivity contribution < 1.29 is 19.5 Å². The molecular formula is C18H23N3O4. The maximum atomic E-state index is 12.7. The van der Waals surface area contributed by atoms with Crippen molar-refractivity contribution in [2.75, 3.05) is 23.3 Å². The van der Waals surface area contributed by atoms with E-state index in [4.69, 9.17) is 5.11 Å². The number of rotatable bonds is 4. The lowest BCUT2D eigenvalue weighted by molar-refractivity contribution is -0.121. The van der Waals surface area contributed by atoms with Gasteiger partial charge in [0.05, 0.1) is 23.5 Å². The lowest BCUT2D eigenvalue weighted by Gasteiger charge is -2.30. The van der Waals surface area contributed by atoms with Gasteiger partial charge in [-0.2, -0.15) is 0 Å². The third kappa shape index (κ3) is 4.17. The van der Waals surface area contributed by atoms with Gasteiger partial charge in [0.15, 0.2) is 0 Å². The fourth-order valence-electron chi connectivity index (χ4n) is 3.45. The van der Waals surface area contributed by atoms with E-state index >= 15 is 0 Å². The first-order chi connectivity index (χ1) is 12.0. The van der Waals surface area contributed by atoms with E-state index in [1.165, 1.54) is 48.8 Å². The van der Waals surface area contributed by atoms with Crippen LogP contribution in [0, 0.1) is 0 Å². The Hall–Kier alpha value is -2.41. The summed E-state index contributed by atoms with van der Waals surface area (Å²) < 4.78 is 0. The van der Waals surface area contributed by atoms with Crippen LogP contribution in [0.5, 0.6) is 0 Å². The Kier molecular flexibility index (Phi) is 5.33. The van der Waals surface area contributed by atoms with Crippen molar-refractivity contribution in [3.8, 4) is 0 Å². The zero-order valence-electron chi connectivity index (χ0n) is 14.1. The zero-order chi connectivity index (χ0) is 17.8. The molecule has 1 saturated carbocycles. The molecule has 0 spiro atoms. The second-order valence-electron chi connectivity index (χ2n) is 6.63. The first kappa shape index (κ1) is 17.4. The van der Waals surface area contributed by atoms with Gasteiger partial charge < -0.3 is 15.7 Å². The standard InChI is InChI=1S/C18H23N3O4/c22-16-11-21(15-9-12(18(24)25)7-8-14(15)20-16)17(23)10-19-13-5-3-1-2-4-6-13/h7-9,13,19H,1-6,10-11H2,(H,20,22)(H,24,25). The molecule has 3 rings (SSSR count). The lowest BCUT2D eigenvalue weighted by Crippen LogP contribution is -2.47. The van der Waals surface area contributed by atoms with Crippen LogP contribution in [0.1, 0.15) is 48.9 Å². The van der Waals surface area contributed by atoms with E-state index in [2.05, 4.69) is 10.6 Å². The van der Waals surface area contributed by atoms with Gasteiger partial charge in [0.2, 0.25) is 11.8 Å². The summed E-state index contributed by atoms with van der Waals surface area (Å²) >= 11 is 0. The number of aromatic carboxylic acids is 1. The van der Waals surface area contributed by atoms with Gasteiger partial charge in [0.25, 0.3) is 0 Å². The number of amides is 2. The second-order valence-corrected chi connectivity index (χ2v) is 6.63. The largest absolute Gasteiger partial charge is 0.478 e. The minimum atomic E-state index is -1.07. The molecule has 2 amide bonds. The smallest absolute Gasteiger partial charge is 0.335 e. The number of carboxylic acid groups (broad SMARTS) is 1. The van der Waals surface area contributed by atoms with E-state index in [-0.39, 0.29) is 30.5 Å². The van der Waals surface area contributed by atoms with E-state index in [0.717, 1.165) is 12.8 Å². The van der Waals surface area contributed by atoms with Crippen LogP contribution in [0.3, 0.4) is 0 Å². The monoisotopic (exact) mass is 345 g/mol. The topological polar surface area (TPSA) is 98.7 Å². The van der Waals surface area contributed by atoms with Crippen molar-refractivity contribution in [3.63, 3.8) is 0 Å². The molecule has 1 aromatic carbocycles. The summed E-state index contributed by atoms with van der Waals surface area (Å²) in [7, 11) is 0. The minimum Gasteiger partial charge on any atom is -0.478 e. The number of carboxylic acids is 1. The van der Waals surface area contributed by atoms with E-state index in [0.29, 0.717) is 17.4 Å². The predicted molar refractivity (Wildman–Crippen MR) is 93.9 cm³/mol. The molecule has 0 unspecified atom stereocenters. The molecule has 0 aromatic heterocycles. The number of fused-ring (bicyclic) bond motifs is 1. The third-order valence-electron chi connectivity index (χ3n) is 4.81. The van der Waals surface area contributed by atoms with E-state index in [1.54, 1.807) is 0 Å². The second kappa shape index (κ2) is 7.65. The van der Waals surface area contributed by atoms with Crippen LogP contribution in [0.25, 0.3) is 0 Å². The van der Waals surface area contributed by atoms with Crippen molar-refractivity contribution >= 4 is 29.2 Å². The number of nitrogens with zero attached hydrogens (tertiary/aromatic N) is 1. The molecule has 7 heteroatoms. The van der Waals surface area contributed by atoms with Crippen LogP contribution in [0.4, 0.5) is 11.4 Å². The number of carbonyl (C=O) groups is 3. The molecule has 0 atom stereocenters. The zero-order valence-corrected chi connectivity index (χ0v) is 14.1. The molecule has 0 radical (unpaired) electrons. The van der Waals surface area contributed by atoms with Crippen LogP contribution in [-0.4, -0.2) is 42.0 Å². The SMILES string of the molecule is O=C1CN(C(=O)CNC2CCCCCC2)c2cc(C(=O)O)ccc2N1. The quantitative estimate of drug-likeness (QED) is 0.725. The molecule has 25 heavy (non-hydrogen) atoms. The molecule has 1 aliphatic heterocycles. The van der Waals surface area contributed by atoms with Gasteiger partial charge in [-0.3, -0.25) is 14.5 Å². The fourth-order valence-corrected chi connectivity index (χ4v) is 3.45. The van der Waals surface area contributed by atoms with Gasteiger partial charge in [-0.25, -0.2) is 4.79 Å². The number of anilines is 2. The molecule has 0 bridgehead atoms. The Morgan fingerprint density at radius 2 is 1.92 bits per heavy atom. The lowest BCUT2D eigenvalue weighted by atomic mass is 10.1. The Morgan fingerprint density at radius 1 is 1.20 bits per heavy atom. The molecule has 2 aliphatic rings. The first-order valence-electron chi connectivity index (χ1n) is 8.75. The number of nitrogens with one attached hydrogen (secondary N) is 2. The fraction of sp³-hybridized carbons (Fsp3) is 0.500. The van der Waals surface area contributed by atoms with Crippen molar-refractivity contribution in [2.24, 2.45) is 0 Å². The van der Waals surface area contributed by atoms with Crippen LogP contribution < -0.4 is 15.5 Å². The highest BCUT2D eigenvalue weighted by molar-refractivity contribution is 6.11. The van der Waals surface area contributed by atoms with Gasteiger partial charge in [-0.15, -0.1) is 0 Å². The molecule has 0 saturated heterocycles. The number of benzene rings is 1. The van der Waals surface area contributed by atoms with Crippen molar-refractivity contribution in [1.29, 1.82) is 0 Å². The van der Waals surface area contributed by atoms with Crippen molar-refractivity contribution in [2.45, 2.75) is 44.6 Å². The Bertz CT molecular complexity index is 681. The predicted octanol–water partition coefficient (Wildman–Crippen LogP) is 1.98. The molecule has 7 nitrogen and oxygen atoms in total. The molecule has 1 aromatic rings. The molecule has 1 fully saturated rings. The van der Waals surface area contributed by atoms with Gasteiger partial charge in [0, 0.05) is 6.04 Å². The molecule has 1 heterocycles. The molecule has 1 aliphatic carbocycles. The summed E-state index contributed by atoms with van der Waals surface area (Å²) in [5.41, 5.74) is 0.987. The van der Waals surface area contributed by atoms with E-state index in [1.807, 2.05) is 0 Å². The maximum Gasteiger partial charge on any atom is 0.335 e. The van der Waals surface area contributed by atoms with Gasteiger partial charge >= 0.3 is 5.97 Å². The van der Waals surface area contributed by atoms with E-state index < -0.39 is 5.97 Å². The van der Waals surface area contributed by atoms with Gasteiger partial charge in [-0.05, 0) is 31.0 Å². The third-order valence-corrected chi connectivity index (χ3v) is 4.81. The number of hydrogen-bond acceptors (Lipinski definition) is 4. The highest BCUT2D eigenvalue weighted by atomic mass is 16.4. The van der Waals surface area contributed by atoms with Crippen molar-refractivity contribution in [1.82, 2.24) is 5.32 Å². The van der Waals surface area contributed by atoms with Crippen LogP contribution in [0.15, 0.2) is 18.2 Å². The number of carbonyl (C=O) groups excluding carboxylic acids is 2. The maximum absolute atomic E-state index is 12.7.